The van der Waals surface area contributed by atoms with Gasteiger partial charge in [0, 0.05) is 59.2 Å². The molecule has 1 aliphatic carbocycles. The third kappa shape index (κ3) is 5.64. The predicted octanol–water partition coefficient (Wildman–Crippen LogP) is 8.38. The van der Waals surface area contributed by atoms with Crippen LogP contribution in [0.25, 0.3) is 5.69 Å². The van der Waals surface area contributed by atoms with E-state index in [9.17, 15) is 4.79 Å². The number of aryl methyl sites for hydroxylation is 1. The number of carbonyl (C=O) groups is 1. The summed E-state index contributed by atoms with van der Waals surface area (Å²) in [6.07, 6.45) is 4.95. The number of anilines is 2. The molecular formula is C34H40N4OS. The first-order valence-corrected chi connectivity index (χ1v) is 14.9. The summed E-state index contributed by atoms with van der Waals surface area (Å²) in [5.74, 6) is 0.523. The summed E-state index contributed by atoms with van der Waals surface area (Å²) in [7, 11) is 4.10. The Kier molecular flexibility index (Phi) is 7.74. The van der Waals surface area contributed by atoms with Crippen molar-refractivity contribution < 1.29 is 4.79 Å². The molecule has 1 N–H and O–H groups in total. The van der Waals surface area contributed by atoms with E-state index < -0.39 is 0 Å². The van der Waals surface area contributed by atoms with Crippen molar-refractivity contribution in [2.75, 3.05) is 24.3 Å². The lowest BCUT2D eigenvalue weighted by Crippen LogP contribution is -2.27. The maximum atomic E-state index is 13.7. The minimum absolute atomic E-state index is 0.0727. The van der Waals surface area contributed by atoms with Gasteiger partial charge in [0.2, 0.25) is 0 Å². The highest BCUT2D eigenvalue weighted by Gasteiger charge is 2.33. The van der Waals surface area contributed by atoms with E-state index >= 15 is 0 Å². The zero-order chi connectivity index (χ0) is 28.6. The summed E-state index contributed by atoms with van der Waals surface area (Å²) < 4.78 is 2.26. The molecule has 0 spiro atoms. The number of rotatable bonds is 6. The molecular weight excluding hydrogens is 512 g/mol. The first-order valence-electron chi connectivity index (χ1n) is 14.0. The number of thiophene rings is 1. The van der Waals surface area contributed by atoms with Crippen molar-refractivity contribution in [2.45, 2.75) is 53.9 Å². The Morgan fingerprint density at radius 2 is 1.77 bits per heavy atom. The fourth-order valence-electron chi connectivity index (χ4n) is 5.69. The van der Waals surface area contributed by atoms with E-state index in [-0.39, 0.29) is 11.3 Å². The quantitative estimate of drug-likeness (QED) is 0.244. The molecule has 5 rings (SSSR count). The maximum absolute atomic E-state index is 13.7. The Morgan fingerprint density at radius 1 is 1.07 bits per heavy atom. The van der Waals surface area contributed by atoms with Crippen LogP contribution in [0, 0.1) is 25.2 Å². The number of fused-ring (bicyclic) bond motifs is 1. The largest absolute Gasteiger partial charge is 0.378 e. The van der Waals surface area contributed by atoms with Crippen molar-refractivity contribution in [1.82, 2.24) is 4.57 Å². The number of amides is 1. The maximum Gasteiger partial charge on any atom is 0.259 e. The highest BCUT2D eigenvalue weighted by molar-refractivity contribution is 7.16. The Bertz CT molecular complexity index is 1540. The molecule has 2 aromatic heterocycles. The van der Waals surface area contributed by atoms with Crippen LogP contribution in [0.2, 0.25) is 0 Å². The molecule has 0 saturated carbocycles. The number of carbonyl (C=O) groups excluding carboxylic acids is 1. The average molecular weight is 553 g/mol. The van der Waals surface area contributed by atoms with Gasteiger partial charge in [-0.05, 0) is 92.5 Å². The van der Waals surface area contributed by atoms with Crippen molar-refractivity contribution in [3.63, 3.8) is 0 Å². The lowest BCUT2D eigenvalue weighted by molar-refractivity contribution is 0.102. The highest BCUT2D eigenvalue weighted by atomic mass is 32.1. The van der Waals surface area contributed by atoms with E-state index in [1.165, 1.54) is 16.1 Å². The van der Waals surface area contributed by atoms with Gasteiger partial charge in [0.1, 0.15) is 5.00 Å². The van der Waals surface area contributed by atoms with Gasteiger partial charge in [0.25, 0.3) is 5.91 Å². The molecule has 0 aliphatic heterocycles. The fourth-order valence-corrected chi connectivity index (χ4v) is 6.96. The van der Waals surface area contributed by atoms with Crippen molar-refractivity contribution in [3.05, 3.63) is 93.6 Å². The molecule has 0 fully saturated rings. The van der Waals surface area contributed by atoms with Crippen molar-refractivity contribution >= 4 is 39.8 Å². The molecule has 5 nitrogen and oxygen atoms in total. The van der Waals surface area contributed by atoms with Crippen LogP contribution in [0.5, 0.6) is 0 Å². The second-order valence-corrected chi connectivity index (χ2v) is 13.2. The standard InChI is InChI=1S/C34H40N4OS/c1-22-19-24(23(2)38(22)28-16-14-27(15-17-28)37(6)7)21-35-33-31(32(39)36-26-11-9-8-10-12-26)29-18-13-25(34(3,4)5)20-30(29)40-33/h8-12,14-17,19,21,25H,13,18,20H2,1-7H3,(H,36,39)/t25-/m0/s1. The summed E-state index contributed by atoms with van der Waals surface area (Å²) in [5, 5.41) is 3.92. The molecule has 0 unspecified atom stereocenters. The van der Waals surface area contributed by atoms with Gasteiger partial charge in [-0.2, -0.15) is 0 Å². The summed E-state index contributed by atoms with van der Waals surface area (Å²) in [6.45, 7) is 11.2. The van der Waals surface area contributed by atoms with Gasteiger partial charge in [-0.25, -0.2) is 4.99 Å². The van der Waals surface area contributed by atoms with Crippen LogP contribution in [0.4, 0.5) is 16.4 Å². The number of hydrogen-bond donors (Lipinski definition) is 1. The molecule has 1 atom stereocenters. The Morgan fingerprint density at radius 3 is 2.42 bits per heavy atom. The number of para-hydroxylation sites is 1. The normalized spacial score (nSPS) is 15.3. The molecule has 4 aromatic rings. The van der Waals surface area contributed by atoms with Crippen molar-refractivity contribution in [2.24, 2.45) is 16.3 Å². The Balaban J connectivity index is 1.50. The fraction of sp³-hybridized carbons (Fsp3) is 0.353. The first kappa shape index (κ1) is 27.9. The average Bonchev–Trinajstić information content (AvgIpc) is 3.42. The second-order valence-electron chi connectivity index (χ2n) is 12.1. The smallest absolute Gasteiger partial charge is 0.259 e. The topological polar surface area (TPSA) is 49.6 Å². The van der Waals surface area contributed by atoms with E-state index in [0.717, 1.165) is 58.2 Å². The molecule has 208 valence electrons. The molecule has 0 saturated heterocycles. The lowest BCUT2D eigenvalue weighted by atomic mass is 9.72. The van der Waals surface area contributed by atoms with E-state index in [2.05, 4.69) is 93.8 Å². The van der Waals surface area contributed by atoms with Crippen LogP contribution in [-0.2, 0) is 12.8 Å². The number of aromatic nitrogens is 1. The molecule has 6 heteroatoms. The van der Waals surface area contributed by atoms with E-state index in [1.54, 1.807) is 11.3 Å². The van der Waals surface area contributed by atoms with Crippen LogP contribution in [0.3, 0.4) is 0 Å². The SMILES string of the molecule is Cc1cc(C=Nc2sc3c(c2C(=O)Nc2ccccc2)CC[C@H](C(C)(C)C)C3)c(C)n1-c1ccc(N(C)C)cc1. The molecule has 1 aliphatic rings. The van der Waals surface area contributed by atoms with Gasteiger partial charge >= 0.3 is 0 Å². The van der Waals surface area contributed by atoms with E-state index in [0.29, 0.717) is 5.92 Å². The van der Waals surface area contributed by atoms with Crippen LogP contribution < -0.4 is 10.2 Å². The van der Waals surface area contributed by atoms with Crippen LogP contribution >= 0.6 is 11.3 Å². The lowest BCUT2D eigenvalue weighted by Gasteiger charge is -2.33. The third-order valence-corrected chi connectivity index (χ3v) is 9.31. The van der Waals surface area contributed by atoms with Gasteiger partial charge < -0.3 is 14.8 Å². The van der Waals surface area contributed by atoms with Gasteiger partial charge in [-0.15, -0.1) is 11.3 Å². The monoisotopic (exact) mass is 552 g/mol. The van der Waals surface area contributed by atoms with Crippen molar-refractivity contribution in [3.8, 4) is 5.69 Å². The van der Waals surface area contributed by atoms with Gasteiger partial charge in [-0.3, -0.25) is 4.79 Å². The van der Waals surface area contributed by atoms with Crippen LogP contribution in [0.1, 0.15) is 64.9 Å². The molecule has 1 amide bonds. The van der Waals surface area contributed by atoms with E-state index in [4.69, 9.17) is 4.99 Å². The van der Waals surface area contributed by atoms with Gasteiger partial charge in [0.05, 0.1) is 5.56 Å². The molecule has 2 aromatic carbocycles. The molecule has 40 heavy (non-hydrogen) atoms. The zero-order valence-corrected chi connectivity index (χ0v) is 25.5. The summed E-state index contributed by atoms with van der Waals surface area (Å²) >= 11 is 1.69. The number of aliphatic imine (C=N–C) groups is 1. The Labute approximate surface area is 242 Å². The predicted molar refractivity (Wildman–Crippen MR) is 171 cm³/mol. The van der Waals surface area contributed by atoms with Crippen LogP contribution in [-0.4, -0.2) is 30.8 Å². The molecule has 0 bridgehead atoms. The summed E-state index contributed by atoms with van der Waals surface area (Å²) in [4.78, 5) is 22.1. The van der Waals surface area contributed by atoms with Gasteiger partial charge in [-0.1, -0.05) is 39.0 Å². The van der Waals surface area contributed by atoms with E-state index in [1.807, 2.05) is 36.5 Å². The van der Waals surface area contributed by atoms with Gasteiger partial charge in [0.15, 0.2) is 0 Å². The van der Waals surface area contributed by atoms with Crippen LogP contribution in [0.15, 0.2) is 65.7 Å². The number of hydrogen-bond acceptors (Lipinski definition) is 4. The number of benzene rings is 2. The number of nitrogens with zero attached hydrogens (tertiary/aromatic N) is 3. The second kappa shape index (κ2) is 11.1. The molecule has 2 heterocycles. The highest BCUT2D eigenvalue weighted by Crippen LogP contribution is 2.45. The minimum Gasteiger partial charge on any atom is -0.378 e. The zero-order valence-electron chi connectivity index (χ0n) is 24.7. The third-order valence-electron chi connectivity index (χ3n) is 8.15. The van der Waals surface area contributed by atoms with Crippen molar-refractivity contribution in [1.29, 1.82) is 0 Å². The summed E-state index contributed by atoms with van der Waals surface area (Å²) in [5.41, 5.74) is 8.59. The molecule has 0 radical (unpaired) electrons. The number of nitrogens with one attached hydrogen (secondary N) is 1. The minimum atomic E-state index is -0.0727. The first-order chi connectivity index (χ1) is 19.0. The summed E-state index contributed by atoms with van der Waals surface area (Å²) in [6, 6.07) is 20.4. The Hall–Kier alpha value is -3.64.